The highest BCUT2D eigenvalue weighted by molar-refractivity contribution is 6.30. The first-order valence-corrected chi connectivity index (χ1v) is 10.4. The van der Waals surface area contributed by atoms with Crippen LogP contribution in [0, 0.1) is 0 Å². The van der Waals surface area contributed by atoms with Crippen molar-refractivity contribution in [3.63, 3.8) is 0 Å². The quantitative estimate of drug-likeness (QED) is 0.712. The van der Waals surface area contributed by atoms with Crippen LogP contribution in [0.5, 0.6) is 0 Å². The van der Waals surface area contributed by atoms with Gasteiger partial charge in [0, 0.05) is 60.5 Å². The fourth-order valence-corrected chi connectivity index (χ4v) is 4.67. The van der Waals surface area contributed by atoms with E-state index < -0.39 is 0 Å². The molecule has 2 aliphatic heterocycles. The molecule has 0 saturated carbocycles. The van der Waals surface area contributed by atoms with E-state index >= 15 is 0 Å². The van der Waals surface area contributed by atoms with Crippen LogP contribution < -0.4 is 0 Å². The summed E-state index contributed by atoms with van der Waals surface area (Å²) in [5.41, 5.74) is 4.85. The van der Waals surface area contributed by atoms with E-state index in [4.69, 9.17) is 16.0 Å². The van der Waals surface area contributed by atoms with E-state index in [2.05, 4.69) is 38.2 Å². The third kappa shape index (κ3) is 3.62. The lowest BCUT2D eigenvalue weighted by molar-refractivity contribution is 0.0914. The zero-order valence-corrected chi connectivity index (χ0v) is 16.7. The lowest BCUT2D eigenvalue weighted by atomic mass is 9.96. The number of rotatable bonds is 4. The zero-order chi connectivity index (χ0) is 18.9. The summed E-state index contributed by atoms with van der Waals surface area (Å²) in [5, 5.41) is 8.64. The standard InChI is InChI=1S/C22H25ClN4O/c23-17-5-3-16(4-6-17)22-20-15-27(12-9-21(20)24-25-22)18-7-10-26(11-8-18)14-19-2-1-13-28-19/h1-6,13,18H,7-12,14-15H2,(H,24,25). The highest BCUT2D eigenvalue weighted by atomic mass is 35.5. The number of benzene rings is 1. The molecule has 4 heterocycles. The van der Waals surface area contributed by atoms with Crippen LogP contribution in [-0.2, 0) is 19.5 Å². The molecule has 1 saturated heterocycles. The summed E-state index contributed by atoms with van der Waals surface area (Å²) in [6, 6.07) is 12.7. The van der Waals surface area contributed by atoms with Gasteiger partial charge in [-0.3, -0.25) is 14.9 Å². The molecule has 0 spiro atoms. The maximum absolute atomic E-state index is 6.05. The first-order chi connectivity index (χ1) is 13.8. The summed E-state index contributed by atoms with van der Waals surface area (Å²) >= 11 is 6.05. The van der Waals surface area contributed by atoms with Crippen molar-refractivity contribution in [3.05, 3.63) is 64.7 Å². The van der Waals surface area contributed by atoms with E-state index in [0.717, 1.165) is 61.2 Å². The summed E-state index contributed by atoms with van der Waals surface area (Å²) in [4.78, 5) is 5.16. The summed E-state index contributed by atoms with van der Waals surface area (Å²) in [5.74, 6) is 1.06. The van der Waals surface area contributed by atoms with Gasteiger partial charge in [0.25, 0.3) is 0 Å². The van der Waals surface area contributed by atoms with Crippen LogP contribution in [0.25, 0.3) is 11.3 Å². The van der Waals surface area contributed by atoms with Crippen molar-refractivity contribution in [2.75, 3.05) is 19.6 Å². The van der Waals surface area contributed by atoms with Crippen LogP contribution in [0.1, 0.15) is 29.9 Å². The van der Waals surface area contributed by atoms with Crippen molar-refractivity contribution in [3.8, 4) is 11.3 Å². The van der Waals surface area contributed by atoms with Crippen molar-refractivity contribution in [2.45, 2.75) is 38.4 Å². The first-order valence-electron chi connectivity index (χ1n) is 10.1. The molecule has 1 fully saturated rings. The molecule has 28 heavy (non-hydrogen) atoms. The van der Waals surface area contributed by atoms with E-state index in [-0.39, 0.29) is 0 Å². The van der Waals surface area contributed by atoms with Crippen molar-refractivity contribution >= 4 is 11.6 Å². The molecule has 146 valence electrons. The molecule has 0 bridgehead atoms. The lowest BCUT2D eigenvalue weighted by Gasteiger charge is -2.40. The fraction of sp³-hybridized carbons (Fsp3) is 0.409. The molecule has 5 nitrogen and oxygen atoms in total. The van der Waals surface area contributed by atoms with Gasteiger partial charge in [-0.2, -0.15) is 5.10 Å². The Morgan fingerprint density at radius 1 is 1.11 bits per heavy atom. The van der Waals surface area contributed by atoms with E-state index in [9.17, 15) is 0 Å². The van der Waals surface area contributed by atoms with E-state index in [1.165, 1.54) is 24.1 Å². The number of aromatic amines is 1. The molecule has 1 aromatic carbocycles. The number of nitrogens with one attached hydrogen (secondary N) is 1. The molecule has 0 aliphatic carbocycles. The van der Waals surface area contributed by atoms with Gasteiger partial charge >= 0.3 is 0 Å². The third-order valence-electron chi connectivity index (χ3n) is 6.11. The second kappa shape index (κ2) is 7.74. The van der Waals surface area contributed by atoms with Gasteiger partial charge in [-0.15, -0.1) is 0 Å². The van der Waals surface area contributed by atoms with Gasteiger partial charge in [-0.1, -0.05) is 23.7 Å². The van der Waals surface area contributed by atoms with Crippen molar-refractivity contribution in [2.24, 2.45) is 0 Å². The van der Waals surface area contributed by atoms with Crippen LogP contribution >= 0.6 is 11.6 Å². The Kier molecular flexibility index (Phi) is 4.97. The normalized spacial score (nSPS) is 19.0. The molecule has 5 rings (SSSR count). The molecular weight excluding hydrogens is 372 g/mol. The average molecular weight is 397 g/mol. The smallest absolute Gasteiger partial charge is 0.117 e. The van der Waals surface area contributed by atoms with Crippen LogP contribution in [-0.4, -0.2) is 45.7 Å². The van der Waals surface area contributed by atoms with Gasteiger partial charge in [0.05, 0.1) is 18.5 Å². The van der Waals surface area contributed by atoms with E-state index in [1.807, 2.05) is 18.2 Å². The Hall–Kier alpha value is -2.08. The minimum atomic E-state index is 0.647. The van der Waals surface area contributed by atoms with Gasteiger partial charge in [-0.25, -0.2) is 0 Å². The monoisotopic (exact) mass is 396 g/mol. The Balaban J connectivity index is 1.25. The van der Waals surface area contributed by atoms with E-state index in [1.54, 1.807) is 6.26 Å². The molecular formula is C22H25ClN4O. The number of furan rings is 1. The molecule has 1 N–H and O–H groups in total. The predicted octanol–water partition coefficient (Wildman–Crippen LogP) is 4.35. The topological polar surface area (TPSA) is 48.3 Å². The van der Waals surface area contributed by atoms with Crippen LogP contribution in [0.4, 0.5) is 0 Å². The molecule has 3 aromatic rings. The van der Waals surface area contributed by atoms with Crippen molar-refractivity contribution in [1.29, 1.82) is 0 Å². The van der Waals surface area contributed by atoms with Crippen LogP contribution in [0.2, 0.25) is 5.02 Å². The van der Waals surface area contributed by atoms with E-state index in [0.29, 0.717) is 6.04 Å². The molecule has 0 radical (unpaired) electrons. The number of piperidine rings is 1. The lowest BCUT2D eigenvalue weighted by Crippen LogP contribution is -2.46. The second-order valence-electron chi connectivity index (χ2n) is 7.84. The number of nitrogens with zero attached hydrogens (tertiary/aromatic N) is 3. The van der Waals surface area contributed by atoms with Crippen molar-refractivity contribution < 1.29 is 4.42 Å². The molecule has 0 unspecified atom stereocenters. The number of halogens is 1. The van der Waals surface area contributed by atoms with Gasteiger partial charge in [0.2, 0.25) is 0 Å². The van der Waals surface area contributed by atoms with Crippen LogP contribution in [0.3, 0.4) is 0 Å². The van der Waals surface area contributed by atoms with Gasteiger partial charge in [-0.05, 0) is 37.1 Å². The average Bonchev–Trinajstić information content (AvgIpc) is 3.38. The Morgan fingerprint density at radius 2 is 1.93 bits per heavy atom. The summed E-state index contributed by atoms with van der Waals surface area (Å²) < 4.78 is 5.50. The summed E-state index contributed by atoms with van der Waals surface area (Å²) in [7, 11) is 0. The zero-order valence-electron chi connectivity index (χ0n) is 15.9. The maximum Gasteiger partial charge on any atom is 0.117 e. The molecule has 0 amide bonds. The summed E-state index contributed by atoms with van der Waals surface area (Å²) in [6.07, 6.45) is 5.23. The number of hydrogen-bond acceptors (Lipinski definition) is 4. The molecule has 6 heteroatoms. The molecule has 0 atom stereocenters. The number of aromatic nitrogens is 2. The highest BCUT2D eigenvalue weighted by Gasteiger charge is 2.30. The molecule has 2 aliphatic rings. The maximum atomic E-state index is 6.05. The molecule has 2 aromatic heterocycles. The number of fused-ring (bicyclic) bond motifs is 1. The third-order valence-corrected chi connectivity index (χ3v) is 6.37. The van der Waals surface area contributed by atoms with Gasteiger partial charge < -0.3 is 4.42 Å². The minimum Gasteiger partial charge on any atom is -0.468 e. The minimum absolute atomic E-state index is 0.647. The number of likely N-dealkylation sites (tertiary alicyclic amines) is 1. The fourth-order valence-electron chi connectivity index (χ4n) is 4.54. The SMILES string of the molecule is Clc1ccc(-c2n[nH]c3c2CN(C2CCN(Cc4ccco4)CC2)CC3)cc1. The van der Waals surface area contributed by atoms with Crippen LogP contribution in [0.15, 0.2) is 47.1 Å². The highest BCUT2D eigenvalue weighted by Crippen LogP contribution is 2.31. The van der Waals surface area contributed by atoms with Crippen molar-refractivity contribution in [1.82, 2.24) is 20.0 Å². The van der Waals surface area contributed by atoms with Gasteiger partial charge in [0.15, 0.2) is 0 Å². The predicted molar refractivity (Wildman–Crippen MR) is 110 cm³/mol. The first kappa shape index (κ1) is 18.0. The number of hydrogen-bond donors (Lipinski definition) is 1. The number of H-pyrrole nitrogens is 1. The largest absolute Gasteiger partial charge is 0.468 e. The van der Waals surface area contributed by atoms with Gasteiger partial charge in [0.1, 0.15) is 5.76 Å². The Morgan fingerprint density at radius 3 is 2.68 bits per heavy atom. The second-order valence-corrected chi connectivity index (χ2v) is 8.28. The Labute approximate surface area is 170 Å². The summed E-state index contributed by atoms with van der Waals surface area (Å²) in [6.45, 7) is 5.27. The Bertz CT molecular complexity index is 911.